The first kappa shape index (κ1) is 12.3. The number of nitrogen functional groups attached to an aromatic ring is 1. The maximum atomic E-state index is 11.2. The van der Waals surface area contributed by atoms with Crippen molar-refractivity contribution in [1.82, 2.24) is 4.98 Å². The molecule has 0 radical (unpaired) electrons. The van der Waals surface area contributed by atoms with Crippen LogP contribution in [0.5, 0.6) is 11.5 Å². The molecule has 102 valence electrons. The van der Waals surface area contributed by atoms with E-state index in [1.165, 1.54) is 0 Å². The van der Waals surface area contributed by atoms with Crippen LogP contribution in [-0.4, -0.2) is 4.98 Å². The molecular formula is C15H14N2O3. The first-order chi connectivity index (χ1) is 9.51. The summed E-state index contributed by atoms with van der Waals surface area (Å²) in [5, 5.41) is 0. The van der Waals surface area contributed by atoms with Crippen LogP contribution in [0.1, 0.15) is 11.1 Å². The van der Waals surface area contributed by atoms with Crippen molar-refractivity contribution in [2.45, 2.75) is 13.8 Å². The highest BCUT2D eigenvalue weighted by Crippen LogP contribution is 2.31. The van der Waals surface area contributed by atoms with E-state index in [-0.39, 0.29) is 0 Å². The molecule has 0 saturated carbocycles. The molecule has 0 aliphatic heterocycles. The molecule has 0 amide bonds. The van der Waals surface area contributed by atoms with Gasteiger partial charge in [-0.3, -0.25) is 4.98 Å². The Balaban J connectivity index is 2.05. The quantitative estimate of drug-likeness (QED) is 0.701. The molecule has 0 unspecified atom stereocenters. The van der Waals surface area contributed by atoms with Crippen molar-refractivity contribution in [3.05, 3.63) is 52.0 Å². The Morgan fingerprint density at radius 2 is 1.80 bits per heavy atom. The number of benzene rings is 2. The average Bonchev–Trinajstić information content (AvgIpc) is 2.67. The Labute approximate surface area is 115 Å². The van der Waals surface area contributed by atoms with Gasteiger partial charge in [0.2, 0.25) is 0 Å². The maximum absolute atomic E-state index is 11.2. The van der Waals surface area contributed by atoms with Crippen molar-refractivity contribution < 1.29 is 9.15 Å². The summed E-state index contributed by atoms with van der Waals surface area (Å²) in [6.45, 7) is 4.00. The highest BCUT2D eigenvalue weighted by atomic mass is 16.5. The van der Waals surface area contributed by atoms with E-state index in [0.29, 0.717) is 28.3 Å². The molecular weight excluding hydrogens is 256 g/mol. The summed E-state index contributed by atoms with van der Waals surface area (Å²) in [5.41, 5.74) is 9.53. The summed E-state index contributed by atoms with van der Waals surface area (Å²) in [5.74, 6) is 0.682. The van der Waals surface area contributed by atoms with Crippen LogP contribution in [0.4, 0.5) is 5.69 Å². The zero-order valence-corrected chi connectivity index (χ0v) is 11.2. The van der Waals surface area contributed by atoms with E-state index in [4.69, 9.17) is 14.9 Å². The predicted molar refractivity (Wildman–Crippen MR) is 77.2 cm³/mol. The Morgan fingerprint density at radius 3 is 2.50 bits per heavy atom. The molecule has 3 rings (SSSR count). The molecule has 0 bridgehead atoms. The molecule has 0 aliphatic rings. The topological polar surface area (TPSA) is 81.2 Å². The lowest BCUT2D eigenvalue weighted by Crippen LogP contribution is -1.94. The third-order valence-electron chi connectivity index (χ3n) is 2.97. The van der Waals surface area contributed by atoms with E-state index in [2.05, 4.69) is 11.1 Å². The molecule has 1 aromatic heterocycles. The van der Waals surface area contributed by atoms with Crippen LogP contribution < -0.4 is 16.2 Å². The number of aromatic nitrogens is 1. The van der Waals surface area contributed by atoms with Crippen LogP contribution in [-0.2, 0) is 0 Å². The predicted octanol–water partition coefficient (Wildman–Crippen LogP) is 3.11. The molecule has 1 heterocycles. The van der Waals surface area contributed by atoms with E-state index < -0.39 is 5.76 Å². The standard InChI is InChI=1S/C15H14N2O3/c1-8-3-9(2)5-10(4-8)19-13-7-12-14(6-11(13)16)20-15(18)17-12/h3-7H,16H2,1-2H3,(H,17,18). The minimum atomic E-state index is -0.511. The van der Waals surface area contributed by atoms with Gasteiger partial charge in [-0.1, -0.05) is 6.07 Å². The summed E-state index contributed by atoms with van der Waals surface area (Å²) in [6, 6.07) is 9.15. The zero-order valence-electron chi connectivity index (χ0n) is 11.2. The van der Waals surface area contributed by atoms with E-state index in [1.54, 1.807) is 12.1 Å². The number of aryl methyl sites for hydroxylation is 2. The first-order valence-corrected chi connectivity index (χ1v) is 6.20. The summed E-state index contributed by atoms with van der Waals surface area (Å²) >= 11 is 0. The third kappa shape index (κ3) is 2.25. The van der Waals surface area contributed by atoms with Gasteiger partial charge in [-0.25, -0.2) is 4.79 Å². The molecule has 3 N–H and O–H groups in total. The summed E-state index contributed by atoms with van der Waals surface area (Å²) in [4.78, 5) is 13.7. The first-order valence-electron chi connectivity index (χ1n) is 6.20. The highest BCUT2D eigenvalue weighted by Gasteiger charge is 2.09. The second kappa shape index (κ2) is 4.45. The van der Waals surface area contributed by atoms with Gasteiger partial charge >= 0.3 is 5.76 Å². The van der Waals surface area contributed by atoms with Crippen molar-refractivity contribution in [3.8, 4) is 11.5 Å². The minimum absolute atomic E-state index is 0.416. The average molecular weight is 270 g/mol. The van der Waals surface area contributed by atoms with Gasteiger partial charge in [-0.2, -0.15) is 0 Å². The van der Waals surface area contributed by atoms with E-state index in [9.17, 15) is 4.79 Å². The number of nitrogens with one attached hydrogen (secondary N) is 1. The Morgan fingerprint density at radius 1 is 1.10 bits per heavy atom. The Bertz CT molecular complexity index is 826. The van der Waals surface area contributed by atoms with E-state index >= 15 is 0 Å². The monoisotopic (exact) mass is 270 g/mol. The fraction of sp³-hybridized carbons (Fsp3) is 0.133. The lowest BCUT2D eigenvalue weighted by atomic mass is 10.1. The SMILES string of the molecule is Cc1cc(C)cc(Oc2cc3[nH]c(=O)oc3cc2N)c1. The normalized spacial score (nSPS) is 10.9. The Kier molecular flexibility index (Phi) is 2.75. The second-order valence-corrected chi connectivity index (χ2v) is 4.83. The Hall–Kier alpha value is -2.69. The smallest absolute Gasteiger partial charge is 0.417 e. The molecule has 20 heavy (non-hydrogen) atoms. The lowest BCUT2D eigenvalue weighted by molar-refractivity contribution is 0.484. The van der Waals surface area contributed by atoms with Gasteiger partial charge < -0.3 is 14.9 Å². The van der Waals surface area contributed by atoms with Crippen LogP contribution in [0.3, 0.4) is 0 Å². The number of fused-ring (bicyclic) bond motifs is 1. The van der Waals surface area contributed by atoms with Gasteiger partial charge in [0.15, 0.2) is 11.3 Å². The highest BCUT2D eigenvalue weighted by molar-refractivity contribution is 5.80. The molecule has 0 atom stereocenters. The van der Waals surface area contributed by atoms with Crippen LogP contribution >= 0.6 is 0 Å². The summed E-state index contributed by atoms with van der Waals surface area (Å²) in [7, 11) is 0. The molecule has 0 aliphatic carbocycles. The largest absolute Gasteiger partial charge is 0.455 e. The van der Waals surface area contributed by atoms with Gasteiger partial charge in [-0.15, -0.1) is 0 Å². The molecule has 0 spiro atoms. The third-order valence-corrected chi connectivity index (χ3v) is 2.97. The molecule has 3 aromatic rings. The molecule has 5 heteroatoms. The number of anilines is 1. The van der Waals surface area contributed by atoms with E-state index in [1.807, 2.05) is 26.0 Å². The number of aromatic amines is 1. The van der Waals surface area contributed by atoms with Crippen molar-refractivity contribution >= 4 is 16.8 Å². The van der Waals surface area contributed by atoms with Gasteiger partial charge in [0.1, 0.15) is 5.75 Å². The number of ether oxygens (including phenoxy) is 1. The zero-order chi connectivity index (χ0) is 14.3. The van der Waals surface area contributed by atoms with Crippen molar-refractivity contribution in [2.75, 3.05) is 5.73 Å². The summed E-state index contributed by atoms with van der Waals surface area (Å²) in [6.07, 6.45) is 0. The number of hydrogen-bond acceptors (Lipinski definition) is 4. The molecule has 2 aromatic carbocycles. The number of H-pyrrole nitrogens is 1. The number of hydrogen-bond donors (Lipinski definition) is 2. The van der Waals surface area contributed by atoms with Gasteiger partial charge in [-0.05, 0) is 37.1 Å². The molecule has 0 saturated heterocycles. The minimum Gasteiger partial charge on any atom is -0.455 e. The van der Waals surface area contributed by atoms with Crippen LogP contribution in [0.15, 0.2) is 39.5 Å². The molecule has 5 nitrogen and oxygen atoms in total. The second-order valence-electron chi connectivity index (χ2n) is 4.83. The fourth-order valence-electron chi connectivity index (χ4n) is 2.20. The summed E-state index contributed by atoms with van der Waals surface area (Å²) < 4.78 is 10.7. The van der Waals surface area contributed by atoms with Crippen molar-refractivity contribution in [1.29, 1.82) is 0 Å². The van der Waals surface area contributed by atoms with Crippen LogP contribution in [0.25, 0.3) is 11.1 Å². The van der Waals surface area contributed by atoms with Crippen molar-refractivity contribution in [2.24, 2.45) is 0 Å². The number of oxazole rings is 1. The number of nitrogens with two attached hydrogens (primary N) is 1. The van der Waals surface area contributed by atoms with Crippen molar-refractivity contribution in [3.63, 3.8) is 0 Å². The van der Waals surface area contributed by atoms with Gasteiger partial charge in [0.05, 0.1) is 11.2 Å². The van der Waals surface area contributed by atoms with Crippen LogP contribution in [0.2, 0.25) is 0 Å². The van der Waals surface area contributed by atoms with Gasteiger partial charge in [0, 0.05) is 12.1 Å². The molecule has 0 fully saturated rings. The fourth-order valence-corrected chi connectivity index (χ4v) is 2.20. The number of rotatable bonds is 2. The van der Waals surface area contributed by atoms with Gasteiger partial charge in [0.25, 0.3) is 0 Å². The van der Waals surface area contributed by atoms with E-state index in [0.717, 1.165) is 11.1 Å². The lowest BCUT2D eigenvalue weighted by Gasteiger charge is -2.10. The van der Waals surface area contributed by atoms with Crippen LogP contribution in [0, 0.1) is 13.8 Å². The maximum Gasteiger partial charge on any atom is 0.417 e.